The van der Waals surface area contributed by atoms with Crippen molar-refractivity contribution in [2.45, 2.75) is 39.8 Å². The number of benzene rings is 3. The summed E-state index contributed by atoms with van der Waals surface area (Å²) in [5, 5.41) is 11.4. The fourth-order valence-electron chi connectivity index (χ4n) is 4.49. The van der Waals surface area contributed by atoms with Crippen LogP contribution in [0.15, 0.2) is 78.4 Å². The molecule has 1 heterocycles. The number of hydrogen-bond donors (Lipinski definition) is 1. The van der Waals surface area contributed by atoms with Gasteiger partial charge in [0.2, 0.25) is 0 Å². The number of ketones is 1. The predicted octanol–water partition coefficient (Wildman–Crippen LogP) is 5.89. The maximum atomic E-state index is 13.4. The van der Waals surface area contributed by atoms with Crippen molar-refractivity contribution in [2.24, 2.45) is 0 Å². The predicted molar refractivity (Wildman–Crippen MR) is 145 cm³/mol. The van der Waals surface area contributed by atoms with Gasteiger partial charge in [0.25, 0.3) is 11.7 Å². The van der Waals surface area contributed by atoms with Crippen LogP contribution >= 0.6 is 0 Å². The largest absolute Gasteiger partial charge is 0.507 e. The SMILES string of the molecule is CCCOc1ccc(/C(O)=C2\C(=O)C(=O)N(Cc3ccccc3)C2c2ccc(OCC)c(OCC)c2)cc1. The van der Waals surface area contributed by atoms with E-state index in [1.165, 1.54) is 4.90 Å². The van der Waals surface area contributed by atoms with Gasteiger partial charge in [-0.1, -0.05) is 43.3 Å². The molecule has 7 heteroatoms. The number of carbonyl (C=O) groups excluding carboxylic acids is 2. The molecule has 1 aliphatic rings. The molecule has 1 atom stereocenters. The standard InChI is InChI=1S/C31H33NO6/c1-4-18-38-24-15-12-22(13-16-24)29(33)27-28(23-14-17-25(36-5-2)26(19-23)37-6-3)32(31(35)30(27)34)20-21-10-8-7-9-11-21/h7-17,19,28,33H,4-6,18,20H2,1-3H3/b29-27+. The first-order valence-corrected chi connectivity index (χ1v) is 12.9. The quantitative estimate of drug-likeness (QED) is 0.195. The van der Waals surface area contributed by atoms with Gasteiger partial charge >= 0.3 is 0 Å². The van der Waals surface area contributed by atoms with Crippen LogP contribution in [0.3, 0.4) is 0 Å². The molecule has 4 rings (SSSR count). The van der Waals surface area contributed by atoms with Crippen molar-refractivity contribution in [3.8, 4) is 17.2 Å². The molecule has 1 fully saturated rings. The molecule has 1 amide bonds. The lowest BCUT2D eigenvalue weighted by atomic mass is 9.94. The third kappa shape index (κ3) is 5.67. The van der Waals surface area contributed by atoms with E-state index < -0.39 is 17.7 Å². The van der Waals surface area contributed by atoms with Crippen LogP contribution in [0.4, 0.5) is 0 Å². The molecule has 3 aromatic rings. The highest BCUT2D eigenvalue weighted by Crippen LogP contribution is 2.43. The summed E-state index contributed by atoms with van der Waals surface area (Å²) in [4.78, 5) is 28.2. The topological polar surface area (TPSA) is 85.3 Å². The smallest absolute Gasteiger partial charge is 0.295 e. The van der Waals surface area contributed by atoms with Crippen molar-refractivity contribution >= 4 is 17.4 Å². The van der Waals surface area contributed by atoms with E-state index in [4.69, 9.17) is 14.2 Å². The molecule has 0 radical (unpaired) electrons. The Bertz CT molecular complexity index is 1300. The Morgan fingerprint density at radius 2 is 1.53 bits per heavy atom. The number of carbonyl (C=O) groups is 2. The molecule has 1 saturated heterocycles. The molecule has 1 unspecified atom stereocenters. The summed E-state index contributed by atoms with van der Waals surface area (Å²) in [6.07, 6.45) is 0.873. The third-order valence-electron chi connectivity index (χ3n) is 6.22. The number of aliphatic hydroxyl groups excluding tert-OH is 1. The number of amides is 1. The summed E-state index contributed by atoms with van der Waals surface area (Å²) in [7, 11) is 0. The number of ether oxygens (including phenoxy) is 3. The van der Waals surface area contributed by atoms with Crippen molar-refractivity contribution in [1.82, 2.24) is 4.90 Å². The summed E-state index contributed by atoms with van der Waals surface area (Å²) < 4.78 is 17.2. The molecule has 0 aromatic heterocycles. The van der Waals surface area contributed by atoms with E-state index in [1.54, 1.807) is 42.5 Å². The van der Waals surface area contributed by atoms with Gasteiger partial charge in [0, 0.05) is 12.1 Å². The zero-order valence-corrected chi connectivity index (χ0v) is 22.0. The van der Waals surface area contributed by atoms with Gasteiger partial charge in [0.05, 0.1) is 31.4 Å². The maximum Gasteiger partial charge on any atom is 0.295 e. The maximum absolute atomic E-state index is 13.4. The van der Waals surface area contributed by atoms with Crippen LogP contribution in [-0.4, -0.2) is 41.5 Å². The van der Waals surface area contributed by atoms with E-state index >= 15 is 0 Å². The van der Waals surface area contributed by atoms with Crippen LogP contribution in [0.2, 0.25) is 0 Å². The number of likely N-dealkylation sites (tertiary alicyclic amines) is 1. The van der Waals surface area contributed by atoms with Crippen molar-refractivity contribution in [2.75, 3.05) is 19.8 Å². The minimum absolute atomic E-state index is 0.0276. The summed E-state index contributed by atoms with van der Waals surface area (Å²) in [6, 6.07) is 20.8. The van der Waals surface area contributed by atoms with Crippen LogP contribution < -0.4 is 14.2 Å². The number of Topliss-reactive ketones (excluding diaryl/α,β-unsaturated/α-hetero) is 1. The Labute approximate surface area is 223 Å². The van der Waals surface area contributed by atoms with E-state index in [0.29, 0.717) is 48.2 Å². The molecule has 38 heavy (non-hydrogen) atoms. The summed E-state index contributed by atoms with van der Waals surface area (Å²) >= 11 is 0. The van der Waals surface area contributed by atoms with Crippen molar-refractivity contribution < 1.29 is 28.9 Å². The highest BCUT2D eigenvalue weighted by molar-refractivity contribution is 6.46. The highest BCUT2D eigenvalue weighted by atomic mass is 16.5. The highest BCUT2D eigenvalue weighted by Gasteiger charge is 2.46. The first kappa shape index (κ1) is 26.8. The van der Waals surface area contributed by atoms with Gasteiger partial charge in [0.15, 0.2) is 11.5 Å². The van der Waals surface area contributed by atoms with Crippen LogP contribution in [-0.2, 0) is 16.1 Å². The summed E-state index contributed by atoms with van der Waals surface area (Å²) in [6.45, 7) is 7.44. The van der Waals surface area contributed by atoms with Gasteiger partial charge < -0.3 is 24.2 Å². The van der Waals surface area contributed by atoms with E-state index in [9.17, 15) is 14.7 Å². The Balaban J connectivity index is 1.82. The average Bonchev–Trinajstić information content (AvgIpc) is 3.18. The van der Waals surface area contributed by atoms with Crippen LogP contribution in [0.25, 0.3) is 5.76 Å². The molecule has 198 valence electrons. The molecule has 0 aliphatic carbocycles. The molecular formula is C31H33NO6. The summed E-state index contributed by atoms with van der Waals surface area (Å²) in [5.41, 5.74) is 1.96. The summed E-state index contributed by atoms with van der Waals surface area (Å²) in [5.74, 6) is 0.0993. The lowest BCUT2D eigenvalue weighted by Crippen LogP contribution is -2.29. The van der Waals surface area contributed by atoms with Gasteiger partial charge in [-0.15, -0.1) is 0 Å². The zero-order chi connectivity index (χ0) is 27.1. The van der Waals surface area contributed by atoms with Gasteiger partial charge in [-0.3, -0.25) is 9.59 Å². The number of hydrogen-bond acceptors (Lipinski definition) is 6. The first-order chi connectivity index (χ1) is 18.5. The molecular weight excluding hydrogens is 482 g/mol. The Morgan fingerprint density at radius 3 is 2.18 bits per heavy atom. The van der Waals surface area contributed by atoms with Crippen molar-refractivity contribution in [3.63, 3.8) is 0 Å². The van der Waals surface area contributed by atoms with Crippen LogP contribution in [0.1, 0.15) is 49.9 Å². The molecule has 7 nitrogen and oxygen atoms in total. The Hall–Kier alpha value is -4.26. The number of nitrogens with zero attached hydrogens (tertiary/aromatic N) is 1. The zero-order valence-electron chi connectivity index (χ0n) is 22.0. The molecule has 3 aromatic carbocycles. The van der Waals surface area contributed by atoms with E-state index in [0.717, 1.165) is 12.0 Å². The van der Waals surface area contributed by atoms with Gasteiger partial charge in [-0.25, -0.2) is 0 Å². The first-order valence-electron chi connectivity index (χ1n) is 12.9. The lowest BCUT2D eigenvalue weighted by Gasteiger charge is -2.26. The van der Waals surface area contributed by atoms with E-state index in [-0.39, 0.29) is 17.9 Å². The van der Waals surface area contributed by atoms with Crippen molar-refractivity contribution in [1.29, 1.82) is 0 Å². The van der Waals surface area contributed by atoms with Gasteiger partial charge in [-0.2, -0.15) is 0 Å². The molecule has 0 spiro atoms. The second-order valence-corrected chi connectivity index (χ2v) is 8.86. The Kier molecular flexibility index (Phi) is 8.69. The van der Waals surface area contributed by atoms with Crippen LogP contribution in [0.5, 0.6) is 17.2 Å². The number of aliphatic hydroxyl groups is 1. The lowest BCUT2D eigenvalue weighted by molar-refractivity contribution is -0.140. The van der Waals surface area contributed by atoms with Gasteiger partial charge in [-0.05, 0) is 67.8 Å². The number of rotatable bonds is 11. The molecule has 1 N–H and O–H groups in total. The molecule has 0 bridgehead atoms. The molecule has 0 saturated carbocycles. The van der Waals surface area contributed by atoms with Gasteiger partial charge in [0.1, 0.15) is 11.5 Å². The molecule has 1 aliphatic heterocycles. The monoisotopic (exact) mass is 515 g/mol. The fourth-order valence-corrected chi connectivity index (χ4v) is 4.49. The second kappa shape index (κ2) is 12.3. The normalized spacial score (nSPS) is 16.5. The average molecular weight is 516 g/mol. The minimum atomic E-state index is -0.818. The fraction of sp³-hybridized carbons (Fsp3) is 0.290. The van der Waals surface area contributed by atoms with Crippen molar-refractivity contribution in [3.05, 3.63) is 95.1 Å². The van der Waals surface area contributed by atoms with E-state index in [1.807, 2.05) is 51.1 Å². The van der Waals surface area contributed by atoms with Crippen LogP contribution in [0, 0.1) is 0 Å². The minimum Gasteiger partial charge on any atom is -0.507 e. The van der Waals surface area contributed by atoms with E-state index in [2.05, 4.69) is 0 Å². The Morgan fingerprint density at radius 1 is 0.842 bits per heavy atom. The third-order valence-corrected chi connectivity index (χ3v) is 6.22. The second-order valence-electron chi connectivity index (χ2n) is 8.86.